The number of halogens is 2. The van der Waals surface area contributed by atoms with Crippen LogP contribution in [-0.4, -0.2) is 29.5 Å². The smallest absolute Gasteiger partial charge is 0.319 e. The lowest BCUT2D eigenvalue weighted by molar-refractivity contribution is -0.144. The van der Waals surface area contributed by atoms with Crippen molar-refractivity contribution in [2.45, 2.75) is 77.4 Å². The van der Waals surface area contributed by atoms with Gasteiger partial charge in [0.1, 0.15) is 5.25 Å². The van der Waals surface area contributed by atoms with Crippen molar-refractivity contribution in [3.63, 3.8) is 0 Å². The molecule has 0 saturated carbocycles. The number of hydrogen-bond donors (Lipinski definition) is 0. The molecule has 1 atom stereocenters. The number of hydrogen-bond acceptors (Lipinski definition) is 3. The summed E-state index contributed by atoms with van der Waals surface area (Å²) in [6.45, 7) is 8.00. The van der Waals surface area contributed by atoms with Crippen LogP contribution in [0.25, 0.3) is 0 Å². The van der Waals surface area contributed by atoms with Gasteiger partial charge in [0, 0.05) is 12.8 Å². The number of rotatable bonds is 12. The first-order valence-electron chi connectivity index (χ1n) is 7.98. The zero-order valence-corrected chi connectivity index (χ0v) is 14.6. The summed E-state index contributed by atoms with van der Waals surface area (Å²) in [6, 6.07) is 0. The van der Waals surface area contributed by atoms with Crippen molar-refractivity contribution in [3.8, 4) is 0 Å². The second kappa shape index (κ2) is 11.3. The molecule has 0 amide bonds. The number of alkyl halides is 2. The van der Waals surface area contributed by atoms with E-state index in [2.05, 4.69) is 0 Å². The van der Waals surface area contributed by atoms with Gasteiger partial charge in [0.25, 0.3) is 0 Å². The molecule has 0 heterocycles. The first-order chi connectivity index (χ1) is 9.82. The van der Waals surface area contributed by atoms with Crippen molar-refractivity contribution < 1.29 is 18.3 Å². The molecule has 1 unspecified atom stereocenters. The Balaban J connectivity index is 3.96. The summed E-state index contributed by atoms with van der Waals surface area (Å²) < 4.78 is 31.4. The highest BCUT2D eigenvalue weighted by molar-refractivity contribution is 8.00. The topological polar surface area (TPSA) is 26.3 Å². The van der Waals surface area contributed by atoms with Crippen LogP contribution >= 0.6 is 11.8 Å². The average Bonchev–Trinajstić information content (AvgIpc) is 2.43. The molecular weight excluding hydrogens is 294 g/mol. The lowest BCUT2D eigenvalue weighted by Gasteiger charge is -2.17. The fourth-order valence-corrected chi connectivity index (χ4v) is 3.02. The standard InChI is InChI=1S/C16H30F2O2S/c1-5-9-14(15(19)20-12-13(3)4)21-11-8-7-10-16(17,18)6-2/h13-14H,5-12H2,1-4H3. The van der Waals surface area contributed by atoms with E-state index in [9.17, 15) is 13.6 Å². The molecule has 0 aromatic rings. The van der Waals surface area contributed by atoms with Gasteiger partial charge in [-0.2, -0.15) is 0 Å². The summed E-state index contributed by atoms with van der Waals surface area (Å²) in [5, 5.41) is -0.152. The van der Waals surface area contributed by atoms with Gasteiger partial charge in [0.2, 0.25) is 5.92 Å². The summed E-state index contributed by atoms with van der Waals surface area (Å²) in [7, 11) is 0. The van der Waals surface area contributed by atoms with E-state index in [1.54, 1.807) is 11.8 Å². The molecule has 0 spiro atoms. The van der Waals surface area contributed by atoms with E-state index in [1.807, 2.05) is 20.8 Å². The van der Waals surface area contributed by atoms with Crippen LogP contribution in [0, 0.1) is 5.92 Å². The van der Waals surface area contributed by atoms with E-state index >= 15 is 0 Å². The van der Waals surface area contributed by atoms with Crippen molar-refractivity contribution in [3.05, 3.63) is 0 Å². The van der Waals surface area contributed by atoms with Crippen molar-refractivity contribution >= 4 is 17.7 Å². The van der Waals surface area contributed by atoms with Crippen molar-refractivity contribution in [2.24, 2.45) is 5.92 Å². The Labute approximate surface area is 132 Å². The lowest BCUT2D eigenvalue weighted by atomic mass is 10.1. The number of thioether (sulfide) groups is 1. The number of unbranched alkanes of at least 4 members (excludes halogenated alkanes) is 1. The highest BCUT2D eigenvalue weighted by atomic mass is 32.2. The summed E-state index contributed by atoms with van der Waals surface area (Å²) >= 11 is 1.54. The highest BCUT2D eigenvalue weighted by Gasteiger charge is 2.25. The molecule has 126 valence electrons. The largest absolute Gasteiger partial charge is 0.465 e. The second-order valence-corrected chi connectivity index (χ2v) is 7.15. The molecule has 2 nitrogen and oxygen atoms in total. The normalized spacial score (nSPS) is 13.5. The first kappa shape index (κ1) is 20.7. The predicted octanol–water partition coefficient (Wildman–Crippen LogP) is 5.30. The van der Waals surface area contributed by atoms with E-state index in [0.717, 1.165) is 25.0 Å². The number of carbonyl (C=O) groups excluding carboxylic acids is 1. The summed E-state index contributed by atoms with van der Waals surface area (Å²) in [5.41, 5.74) is 0. The van der Waals surface area contributed by atoms with Crippen LogP contribution in [0.3, 0.4) is 0 Å². The van der Waals surface area contributed by atoms with Crippen LogP contribution in [0.5, 0.6) is 0 Å². The van der Waals surface area contributed by atoms with Crippen molar-refractivity contribution in [1.29, 1.82) is 0 Å². The van der Waals surface area contributed by atoms with Gasteiger partial charge < -0.3 is 4.74 Å². The van der Waals surface area contributed by atoms with Crippen LogP contribution < -0.4 is 0 Å². The third-order valence-electron chi connectivity index (χ3n) is 3.15. The third kappa shape index (κ3) is 11.0. The van der Waals surface area contributed by atoms with Gasteiger partial charge >= 0.3 is 5.97 Å². The molecule has 0 saturated heterocycles. The Morgan fingerprint density at radius 2 is 1.90 bits per heavy atom. The molecule has 0 N–H and O–H groups in total. The first-order valence-corrected chi connectivity index (χ1v) is 9.03. The molecule has 0 fully saturated rings. The van der Waals surface area contributed by atoms with Gasteiger partial charge in [-0.3, -0.25) is 4.79 Å². The SMILES string of the molecule is CCCC(SCCCCC(F)(F)CC)C(=O)OCC(C)C. The molecule has 0 aliphatic heterocycles. The monoisotopic (exact) mass is 324 g/mol. The van der Waals surface area contributed by atoms with Crippen LogP contribution in [0.1, 0.15) is 66.2 Å². The lowest BCUT2D eigenvalue weighted by Crippen LogP contribution is -2.22. The van der Waals surface area contributed by atoms with E-state index < -0.39 is 5.92 Å². The Morgan fingerprint density at radius 3 is 2.43 bits per heavy atom. The molecular formula is C16H30F2O2S. The van der Waals surface area contributed by atoms with E-state index in [1.165, 1.54) is 6.92 Å². The Morgan fingerprint density at radius 1 is 1.24 bits per heavy atom. The van der Waals surface area contributed by atoms with Crippen LogP contribution in [0.15, 0.2) is 0 Å². The van der Waals surface area contributed by atoms with Gasteiger partial charge in [-0.15, -0.1) is 11.8 Å². The maximum absolute atomic E-state index is 13.1. The number of ether oxygens (including phenoxy) is 1. The fourth-order valence-electron chi connectivity index (χ4n) is 1.76. The molecule has 0 aliphatic rings. The van der Waals surface area contributed by atoms with Gasteiger partial charge in [-0.05, 0) is 30.9 Å². The molecule has 0 aromatic carbocycles. The Hall–Kier alpha value is -0.320. The minimum absolute atomic E-state index is 0.0553. The third-order valence-corrected chi connectivity index (χ3v) is 4.50. The molecule has 0 rings (SSSR count). The Bertz CT molecular complexity index is 283. The molecule has 5 heteroatoms. The van der Waals surface area contributed by atoms with E-state index in [0.29, 0.717) is 18.9 Å². The van der Waals surface area contributed by atoms with Gasteiger partial charge in [0.15, 0.2) is 0 Å². The zero-order chi connectivity index (χ0) is 16.3. The minimum atomic E-state index is -2.54. The zero-order valence-electron chi connectivity index (χ0n) is 13.8. The highest BCUT2D eigenvalue weighted by Crippen LogP contribution is 2.26. The van der Waals surface area contributed by atoms with Gasteiger partial charge in [0.05, 0.1) is 6.61 Å². The molecule has 0 radical (unpaired) electrons. The van der Waals surface area contributed by atoms with Gasteiger partial charge in [-0.25, -0.2) is 8.78 Å². The summed E-state index contributed by atoms with van der Waals surface area (Å²) in [4.78, 5) is 11.9. The average molecular weight is 324 g/mol. The van der Waals surface area contributed by atoms with E-state index in [-0.39, 0.29) is 24.1 Å². The summed E-state index contributed by atoms with van der Waals surface area (Å²) in [6.07, 6.45) is 2.78. The van der Waals surface area contributed by atoms with Crippen molar-refractivity contribution in [1.82, 2.24) is 0 Å². The number of esters is 1. The quantitative estimate of drug-likeness (QED) is 0.360. The summed E-state index contributed by atoms with van der Waals surface area (Å²) in [5.74, 6) is -1.63. The molecule has 0 aromatic heterocycles. The van der Waals surface area contributed by atoms with Crippen molar-refractivity contribution in [2.75, 3.05) is 12.4 Å². The Kier molecular flexibility index (Phi) is 11.1. The van der Waals surface area contributed by atoms with E-state index in [4.69, 9.17) is 4.74 Å². The number of carbonyl (C=O) groups is 1. The predicted molar refractivity (Wildman–Crippen MR) is 86.0 cm³/mol. The fraction of sp³-hybridized carbons (Fsp3) is 0.938. The second-order valence-electron chi connectivity index (χ2n) is 5.84. The van der Waals surface area contributed by atoms with Crippen LogP contribution in [-0.2, 0) is 9.53 Å². The minimum Gasteiger partial charge on any atom is -0.465 e. The molecule has 0 aliphatic carbocycles. The maximum Gasteiger partial charge on any atom is 0.319 e. The molecule has 0 bridgehead atoms. The molecule has 21 heavy (non-hydrogen) atoms. The maximum atomic E-state index is 13.1. The van der Waals surface area contributed by atoms with Crippen LogP contribution in [0.2, 0.25) is 0 Å². The van der Waals surface area contributed by atoms with Crippen LogP contribution in [0.4, 0.5) is 8.78 Å². The van der Waals surface area contributed by atoms with Gasteiger partial charge in [-0.1, -0.05) is 34.1 Å².